The quantitative estimate of drug-likeness (QED) is 0.287. The van der Waals surface area contributed by atoms with Gasteiger partial charge in [0.25, 0.3) is 0 Å². The van der Waals surface area contributed by atoms with Gasteiger partial charge in [-0.15, -0.1) is 5.10 Å². The Labute approximate surface area is 213 Å². The molecule has 2 aliphatic rings. The van der Waals surface area contributed by atoms with Crippen molar-refractivity contribution in [3.05, 3.63) is 30.2 Å². The first kappa shape index (κ1) is 26.0. The third-order valence-electron chi connectivity index (χ3n) is 6.66. The number of aromatic nitrogens is 3. The zero-order valence-corrected chi connectivity index (χ0v) is 20.2. The van der Waals surface area contributed by atoms with E-state index in [1.165, 1.54) is 29.8 Å². The summed E-state index contributed by atoms with van der Waals surface area (Å²) in [6.07, 6.45) is -4.11. The van der Waals surface area contributed by atoms with Gasteiger partial charge in [-0.05, 0) is 24.1 Å². The molecule has 204 valence electrons. The number of nitrogens with one attached hydrogen (secondary N) is 3. The average Bonchev–Trinajstić information content (AvgIpc) is 3.17. The Hall–Kier alpha value is -3.59. The molecule has 1 aromatic carbocycles. The molecule has 0 bridgehead atoms. The van der Waals surface area contributed by atoms with Gasteiger partial charge in [0.05, 0.1) is 49.9 Å². The number of anilines is 2. The second-order valence-corrected chi connectivity index (χ2v) is 9.14. The summed E-state index contributed by atoms with van der Waals surface area (Å²) >= 11 is 0. The second kappa shape index (κ2) is 10.3. The van der Waals surface area contributed by atoms with Crippen LogP contribution in [0.3, 0.4) is 0 Å². The first-order valence-electron chi connectivity index (χ1n) is 11.8. The number of fused-ring (bicyclic) bond motifs is 1. The highest BCUT2D eigenvalue weighted by molar-refractivity contribution is 5.88. The van der Waals surface area contributed by atoms with E-state index in [2.05, 4.69) is 30.7 Å². The molecular weight excluding hydrogens is 515 g/mol. The van der Waals surface area contributed by atoms with Crippen LogP contribution >= 0.6 is 0 Å². The molecule has 38 heavy (non-hydrogen) atoms. The SMILES string of the molecule is COc1nc(N[C@H]2CCN(C3COC3)C[C@H]2F)nn2cc(F)c(-c3ccc(N=N)c(NCC(F)(F)F)c3)c12. The van der Waals surface area contributed by atoms with E-state index < -0.39 is 30.8 Å². The molecule has 0 spiro atoms. The number of alkyl halides is 4. The molecule has 2 aromatic heterocycles. The minimum atomic E-state index is -4.51. The Morgan fingerprint density at radius 3 is 2.71 bits per heavy atom. The number of rotatable bonds is 8. The third-order valence-corrected chi connectivity index (χ3v) is 6.66. The van der Waals surface area contributed by atoms with Gasteiger partial charge in [0.1, 0.15) is 23.9 Å². The zero-order chi connectivity index (χ0) is 27.0. The molecule has 0 radical (unpaired) electrons. The topological polar surface area (TPSA) is 112 Å². The molecule has 2 aliphatic heterocycles. The van der Waals surface area contributed by atoms with E-state index >= 15 is 4.39 Å². The van der Waals surface area contributed by atoms with E-state index in [4.69, 9.17) is 15.0 Å². The molecule has 0 aliphatic carbocycles. The molecule has 2 atom stereocenters. The highest BCUT2D eigenvalue weighted by Gasteiger charge is 2.36. The summed E-state index contributed by atoms with van der Waals surface area (Å²) in [5.74, 6) is -0.703. The summed E-state index contributed by atoms with van der Waals surface area (Å²) in [6, 6.07) is 3.66. The van der Waals surface area contributed by atoms with Crippen LogP contribution < -0.4 is 15.4 Å². The van der Waals surface area contributed by atoms with E-state index in [0.717, 1.165) is 6.20 Å². The number of ether oxygens (including phenoxy) is 2. The number of nitrogens with zero attached hydrogens (tertiary/aromatic N) is 5. The van der Waals surface area contributed by atoms with E-state index in [-0.39, 0.29) is 52.4 Å². The number of halogens is 5. The molecule has 3 aromatic rings. The molecule has 0 amide bonds. The van der Waals surface area contributed by atoms with Gasteiger partial charge >= 0.3 is 6.18 Å². The lowest BCUT2D eigenvalue weighted by Crippen LogP contribution is -2.57. The standard InChI is InChI=1S/C23H25F5N8O2/c1-37-21-20-19(12-2-3-17(33-29)18(6-12)30-11-23(26,27)28)15(25)8-36(20)34-22(32-21)31-16-4-5-35(7-14(16)24)13-9-38-10-13/h2-3,6,8,13-14,16,29-30H,4-5,7,9-11H2,1H3,(H,31,34)/t14-,16+/m1/s1. The highest BCUT2D eigenvalue weighted by atomic mass is 19.4. The van der Waals surface area contributed by atoms with Gasteiger partial charge in [0.15, 0.2) is 5.82 Å². The second-order valence-electron chi connectivity index (χ2n) is 9.14. The summed E-state index contributed by atoms with van der Waals surface area (Å²) in [7, 11) is 1.33. The number of hydrogen-bond acceptors (Lipinski definition) is 9. The Morgan fingerprint density at radius 1 is 1.29 bits per heavy atom. The van der Waals surface area contributed by atoms with Crippen molar-refractivity contribution in [3.8, 4) is 17.0 Å². The first-order chi connectivity index (χ1) is 18.2. The fraction of sp³-hybridized carbons (Fsp3) is 0.478. The van der Waals surface area contributed by atoms with Crippen LogP contribution in [0.5, 0.6) is 5.88 Å². The maximum Gasteiger partial charge on any atom is 0.405 e. The number of methoxy groups -OCH3 is 1. The van der Waals surface area contributed by atoms with Gasteiger partial charge in [0, 0.05) is 13.1 Å². The van der Waals surface area contributed by atoms with Crippen molar-refractivity contribution in [2.24, 2.45) is 5.11 Å². The lowest BCUT2D eigenvalue weighted by atomic mass is 10.0. The molecule has 2 fully saturated rings. The molecular formula is C23H25F5N8O2. The van der Waals surface area contributed by atoms with Crippen LogP contribution in [0.15, 0.2) is 29.5 Å². The van der Waals surface area contributed by atoms with Crippen molar-refractivity contribution in [1.29, 1.82) is 5.53 Å². The molecule has 10 nitrogen and oxygen atoms in total. The minimum absolute atomic E-state index is 0.0140. The van der Waals surface area contributed by atoms with Crippen molar-refractivity contribution in [1.82, 2.24) is 19.5 Å². The monoisotopic (exact) mass is 540 g/mol. The van der Waals surface area contributed by atoms with Crippen LogP contribution in [-0.2, 0) is 4.74 Å². The van der Waals surface area contributed by atoms with Crippen LogP contribution in [0.4, 0.5) is 39.3 Å². The lowest BCUT2D eigenvalue weighted by Gasteiger charge is -2.42. The van der Waals surface area contributed by atoms with Crippen molar-refractivity contribution < 1.29 is 31.4 Å². The van der Waals surface area contributed by atoms with Gasteiger partial charge in [0.2, 0.25) is 11.8 Å². The minimum Gasteiger partial charge on any atom is -0.479 e. The molecule has 4 heterocycles. The first-order valence-corrected chi connectivity index (χ1v) is 11.8. The predicted octanol–water partition coefficient (Wildman–Crippen LogP) is 4.40. The van der Waals surface area contributed by atoms with Crippen molar-refractivity contribution in [2.75, 3.05) is 50.6 Å². The number of likely N-dealkylation sites (tertiary alicyclic amines) is 1. The maximum absolute atomic E-state index is 15.2. The number of hydrogen-bond donors (Lipinski definition) is 3. The Kier molecular flexibility index (Phi) is 7.05. The van der Waals surface area contributed by atoms with Gasteiger partial charge in [-0.25, -0.2) is 18.8 Å². The fourth-order valence-corrected chi connectivity index (χ4v) is 4.65. The van der Waals surface area contributed by atoms with Crippen molar-refractivity contribution >= 4 is 22.8 Å². The van der Waals surface area contributed by atoms with Crippen LogP contribution in [0.1, 0.15) is 6.42 Å². The molecule has 5 rings (SSSR count). The summed E-state index contributed by atoms with van der Waals surface area (Å²) in [5.41, 5.74) is 7.40. The van der Waals surface area contributed by atoms with Crippen molar-refractivity contribution in [3.63, 3.8) is 0 Å². The highest BCUT2D eigenvalue weighted by Crippen LogP contribution is 2.38. The van der Waals surface area contributed by atoms with E-state index in [0.29, 0.717) is 26.2 Å². The predicted molar refractivity (Wildman–Crippen MR) is 127 cm³/mol. The summed E-state index contributed by atoms with van der Waals surface area (Å²) in [5, 5.41) is 12.7. The van der Waals surface area contributed by atoms with Crippen LogP contribution in [0, 0.1) is 11.3 Å². The molecule has 0 saturated carbocycles. The van der Waals surface area contributed by atoms with Gasteiger partial charge in [-0.3, -0.25) is 4.90 Å². The van der Waals surface area contributed by atoms with E-state index in [9.17, 15) is 17.6 Å². The van der Waals surface area contributed by atoms with Crippen molar-refractivity contribution in [2.45, 2.75) is 30.9 Å². The average molecular weight is 540 g/mol. The molecule has 3 N–H and O–H groups in total. The smallest absolute Gasteiger partial charge is 0.405 e. The largest absolute Gasteiger partial charge is 0.479 e. The zero-order valence-electron chi connectivity index (χ0n) is 20.2. The fourth-order valence-electron chi connectivity index (χ4n) is 4.65. The third kappa shape index (κ3) is 5.20. The van der Waals surface area contributed by atoms with Gasteiger partial charge in [-0.1, -0.05) is 6.07 Å². The number of benzene rings is 1. The van der Waals surface area contributed by atoms with E-state index in [1.807, 2.05) is 0 Å². The molecule has 0 unspecified atom stereocenters. The lowest BCUT2D eigenvalue weighted by molar-refractivity contribution is -0.115. The van der Waals surface area contributed by atoms with Crippen LogP contribution in [0.25, 0.3) is 16.6 Å². The Morgan fingerprint density at radius 2 is 2.08 bits per heavy atom. The van der Waals surface area contributed by atoms with E-state index in [1.54, 1.807) is 0 Å². The normalized spacial score (nSPS) is 20.8. The van der Waals surface area contributed by atoms with Crippen LogP contribution in [0.2, 0.25) is 0 Å². The molecule has 2 saturated heterocycles. The van der Waals surface area contributed by atoms with Crippen LogP contribution in [-0.4, -0.2) is 83.9 Å². The summed E-state index contributed by atoms with van der Waals surface area (Å²) in [6.45, 7) is 0.772. The number of piperidine rings is 1. The maximum atomic E-state index is 15.2. The summed E-state index contributed by atoms with van der Waals surface area (Å²) < 4.78 is 80.2. The van der Waals surface area contributed by atoms with Gasteiger partial charge < -0.3 is 20.1 Å². The molecule has 15 heteroatoms. The Bertz CT molecular complexity index is 1330. The summed E-state index contributed by atoms with van der Waals surface area (Å²) in [4.78, 5) is 6.37. The van der Waals surface area contributed by atoms with Gasteiger partial charge in [-0.2, -0.15) is 23.3 Å². The Balaban J connectivity index is 1.43.